The van der Waals surface area contributed by atoms with Gasteiger partial charge >= 0.3 is 8.56 Å². The van der Waals surface area contributed by atoms with Gasteiger partial charge in [-0.25, -0.2) is 0 Å². The summed E-state index contributed by atoms with van der Waals surface area (Å²) in [5.74, 6) is 0. The third-order valence-corrected chi connectivity index (χ3v) is 9.78. The molecule has 1 fully saturated rings. The van der Waals surface area contributed by atoms with Crippen LogP contribution in [0.5, 0.6) is 0 Å². The SMILES string of the molecule is CCCOC1(CCN)C(N)(CC)CCC[Si]1(OCCC)OCCC. The summed E-state index contributed by atoms with van der Waals surface area (Å²) in [7, 11) is -2.65. The first-order valence-corrected chi connectivity index (χ1v) is 11.9. The summed E-state index contributed by atoms with van der Waals surface area (Å²) in [5, 5.41) is -0.553. The van der Waals surface area contributed by atoms with Gasteiger partial charge in [0, 0.05) is 25.4 Å². The minimum absolute atomic E-state index is 0.423. The Bertz CT molecular complexity index is 351. The number of rotatable bonds is 12. The van der Waals surface area contributed by atoms with Crippen LogP contribution in [0.15, 0.2) is 0 Å². The predicted molar refractivity (Wildman–Crippen MR) is 102 cm³/mol. The normalized spacial score (nSPS) is 29.8. The van der Waals surface area contributed by atoms with Crippen molar-refractivity contribution in [2.45, 2.75) is 89.4 Å². The Morgan fingerprint density at radius 3 is 2.00 bits per heavy atom. The van der Waals surface area contributed by atoms with Crippen LogP contribution in [0.4, 0.5) is 0 Å². The highest BCUT2D eigenvalue weighted by molar-refractivity contribution is 6.71. The molecule has 1 aliphatic heterocycles. The van der Waals surface area contributed by atoms with E-state index < -0.39 is 19.3 Å². The van der Waals surface area contributed by atoms with E-state index >= 15 is 0 Å². The zero-order chi connectivity index (χ0) is 18.1. The van der Waals surface area contributed by atoms with Crippen LogP contribution in [0, 0.1) is 0 Å². The highest BCUT2D eigenvalue weighted by Gasteiger charge is 2.68. The Hall–Kier alpha value is 0.0169. The lowest BCUT2D eigenvalue weighted by Crippen LogP contribution is -2.79. The Labute approximate surface area is 150 Å². The zero-order valence-electron chi connectivity index (χ0n) is 16.4. The molecule has 24 heavy (non-hydrogen) atoms. The molecule has 2 atom stereocenters. The smallest absolute Gasteiger partial charge is 0.373 e. The van der Waals surface area contributed by atoms with Crippen molar-refractivity contribution < 1.29 is 13.6 Å². The van der Waals surface area contributed by atoms with Crippen LogP contribution in [-0.4, -0.2) is 45.7 Å². The van der Waals surface area contributed by atoms with Gasteiger partial charge < -0.3 is 25.1 Å². The van der Waals surface area contributed by atoms with Crippen molar-refractivity contribution in [1.82, 2.24) is 0 Å². The molecular weight excluding hydrogens is 320 g/mol. The number of hydrogen-bond acceptors (Lipinski definition) is 5. The van der Waals surface area contributed by atoms with Crippen LogP contribution >= 0.6 is 0 Å². The molecule has 0 spiro atoms. The van der Waals surface area contributed by atoms with E-state index in [1.165, 1.54) is 0 Å². The highest BCUT2D eigenvalue weighted by Crippen LogP contribution is 2.49. The maximum atomic E-state index is 6.98. The Morgan fingerprint density at radius 1 is 0.958 bits per heavy atom. The summed E-state index contributed by atoms with van der Waals surface area (Å²) < 4.78 is 19.7. The highest BCUT2D eigenvalue weighted by atomic mass is 28.4. The molecule has 0 aromatic rings. The fourth-order valence-electron chi connectivity index (χ4n) is 4.08. The molecule has 5 nitrogen and oxygen atoms in total. The first-order valence-electron chi connectivity index (χ1n) is 9.92. The molecule has 1 rings (SSSR count). The van der Waals surface area contributed by atoms with Crippen molar-refractivity contribution >= 4 is 8.56 Å². The van der Waals surface area contributed by atoms with Gasteiger partial charge in [-0.3, -0.25) is 0 Å². The van der Waals surface area contributed by atoms with E-state index in [1.807, 2.05) is 0 Å². The largest absolute Gasteiger partial charge is 0.393 e. The van der Waals surface area contributed by atoms with E-state index in [0.29, 0.717) is 26.4 Å². The van der Waals surface area contributed by atoms with Crippen LogP contribution in [0.3, 0.4) is 0 Å². The molecule has 0 aromatic heterocycles. The second-order valence-corrected chi connectivity index (χ2v) is 10.4. The molecule has 0 radical (unpaired) electrons. The van der Waals surface area contributed by atoms with Gasteiger partial charge in [-0.2, -0.15) is 0 Å². The molecule has 2 unspecified atom stereocenters. The molecular formula is C18H40N2O3Si. The minimum Gasteiger partial charge on any atom is -0.393 e. The summed E-state index contributed by atoms with van der Waals surface area (Å²) in [5.41, 5.74) is 12.6. The number of ether oxygens (including phenoxy) is 1. The maximum Gasteiger partial charge on any atom is 0.373 e. The Kier molecular flexibility index (Phi) is 9.41. The summed E-state index contributed by atoms with van der Waals surface area (Å²) in [6.45, 7) is 11.2. The molecule has 144 valence electrons. The summed E-state index contributed by atoms with van der Waals surface area (Å²) in [6, 6.07) is 0.954. The van der Waals surface area contributed by atoms with Gasteiger partial charge in [0.15, 0.2) is 0 Å². The molecule has 0 aromatic carbocycles. The molecule has 1 saturated heterocycles. The summed E-state index contributed by atoms with van der Waals surface area (Å²) in [4.78, 5) is 0. The first-order chi connectivity index (χ1) is 11.5. The average Bonchev–Trinajstić information content (AvgIpc) is 2.60. The third-order valence-electron chi connectivity index (χ3n) is 5.31. The second kappa shape index (κ2) is 10.2. The van der Waals surface area contributed by atoms with Crippen LogP contribution < -0.4 is 11.5 Å². The third kappa shape index (κ3) is 4.22. The lowest BCUT2D eigenvalue weighted by atomic mass is 9.82. The fraction of sp³-hybridized carbons (Fsp3) is 1.00. The molecule has 0 aliphatic carbocycles. The van der Waals surface area contributed by atoms with Crippen LogP contribution in [0.2, 0.25) is 6.04 Å². The first kappa shape index (κ1) is 22.1. The number of hydrogen-bond donors (Lipinski definition) is 2. The Balaban J connectivity index is 3.38. The van der Waals surface area contributed by atoms with Gasteiger partial charge in [0.2, 0.25) is 0 Å². The standard InChI is InChI=1S/C18H40N2O3Si/c1-5-13-21-18(11-12-19)17(20,8-4)10-9-16-24(18,22-14-6-2)23-15-7-3/h5-16,19-20H2,1-4H3. The van der Waals surface area contributed by atoms with Gasteiger partial charge in [0.25, 0.3) is 0 Å². The summed E-state index contributed by atoms with van der Waals surface area (Å²) >= 11 is 0. The topological polar surface area (TPSA) is 79.7 Å². The quantitative estimate of drug-likeness (QED) is 0.522. The minimum atomic E-state index is -2.65. The van der Waals surface area contributed by atoms with E-state index in [1.54, 1.807) is 0 Å². The summed E-state index contributed by atoms with van der Waals surface area (Å²) in [6.07, 6.45) is 6.48. The van der Waals surface area contributed by atoms with Gasteiger partial charge in [-0.05, 0) is 57.5 Å². The van der Waals surface area contributed by atoms with E-state index in [0.717, 1.165) is 51.0 Å². The lowest BCUT2D eigenvalue weighted by molar-refractivity contribution is -0.0960. The van der Waals surface area contributed by atoms with Gasteiger partial charge in [-0.15, -0.1) is 0 Å². The monoisotopic (exact) mass is 360 g/mol. The van der Waals surface area contributed by atoms with Gasteiger partial charge in [-0.1, -0.05) is 27.7 Å². The molecule has 0 saturated carbocycles. The molecule has 1 heterocycles. The molecule has 6 heteroatoms. The van der Waals surface area contributed by atoms with Crippen LogP contribution in [-0.2, 0) is 13.6 Å². The zero-order valence-corrected chi connectivity index (χ0v) is 17.4. The van der Waals surface area contributed by atoms with E-state index in [9.17, 15) is 0 Å². The lowest BCUT2D eigenvalue weighted by Gasteiger charge is -2.58. The molecule has 0 amide bonds. The molecule has 4 N–H and O–H groups in total. The van der Waals surface area contributed by atoms with E-state index in [2.05, 4.69) is 27.7 Å². The molecule has 0 bridgehead atoms. The van der Waals surface area contributed by atoms with Crippen LogP contribution in [0.1, 0.15) is 72.6 Å². The van der Waals surface area contributed by atoms with Gasteiger partial charge in [0.1, 0.15) is 5.22 Å². The van der Waals surface area contributed by atoms with Crippen LogP contribution in [0.25, 0.3) is 0 Å². The van der Waals surface area contributed by atoms with Crippen molar-refractivity contribution in [2.24, 2.45) is 11.5 Å². The van der Waals surface area contributed by atoms with E-state index in [4.69, 9.17) is 25.1 Å². The van der Waals surface area contributed by atoms with Crippen molar-refractivity contribution in [3.63, 3.8) is 0 Å². The van der Waals surface area contributed by atoms with Crippen molar-refractivity contribution in [3.8, 4) is 0 Å². The number of nitrogens with two attached hydrogens (primary N) is 2. The van der Waals surface area contributed by atoms with Crippen molar-refractivity contribution in [3.05, 3.63) is 0 Å². The maximum absolute atomic E-state index is 6.98. The Morgan fingerprint density at radius 2 is 1.54 bits per heavy atom. The average molecular weight is 361 g/mol. The fourth-order valence-corrected chi connectivity index (χ4v) is 8.94. The van der Waals surface area contributed by atoms with Crippen molar-refractivity contribution in [1.29, 1.82) is 0 Å². The van der Waals surface area contributed by atoms with E-state index in [-0.39, 0.29) is 0 Å². The predicted octanol–water partition coefficient (Wildman–Crippen LogP) is 3.24. The molecule has 1 aliphatic rings. The van der Waals surface area contributed by atoms with Crippen molar-refractivity contribution in [2.75, 3.05) is 26.4 Å². The van der Waals surface area contributed by atoms with Gasteiger partial charge in [0.05, 0.1) is 0 Å². The second-order valence-electron chi connectivity index (χ2n) is 7.03.